The number of nitrogens with one attached hydrogen (secondary N) is 1. The lowest BCUT2D eigenvalue weighted by Crippen LogP contribution is -2.41. The number of anilines is 2. The number of benzene rings is 1. The summed E-state index contributed by atoms with van der Waals surface area (Å²) in [6.07, 6.45) is 4.01. The van der Waals surface area contributed by atoms with Gasteiger partial charge in [0.2, 0.25) is 5.95 Å². The summed E-state index contributed by atoms with van der Waals surface area (Å²) in [5.41, 5.74) is 1.02. The van der Waals surface area contributed by atoms with Crippen LogP contribution in [0.4, 0.5) is 16.2 Å². The fraction of sp³-hybridized carbons (Fsp3) is 0.444. The molecule has 3 rings (SSSR count). The van der Waals surface area contributed by atoms with Gasteiger partial charge in [0.15, 0.2) is 0 Å². The molecule has 0 aliphatic carbocycles. The Hall–Kier alpha value is -2.21. The van der Waals surface area contributed by atoms with E-state index in [2.05, 4.69) is 20.2 Å². The fourth-order valence-electron chi connectivity index (χ4n) is 3.06. The van der Waals surface area contributed by atoms with E-state index in [1.54, 1.807) is 18.3 Å². The van der Waals surface area contributed by atoms with Crippen LogP contribution in [0.1, 0.15) is 18.4 Å². The Morgan fingerprint density at radius 2 is 2.21 bits per heavy atom. The first kappa shape index (κ1) is 16.6. The molecule has 1 aliphatic heterocycles. The van der Waals surface area contributed by atoms with Crippen molar-refractivity contribution in [3.8, 4) is 0 Å². The smallest absolute Gasteiger partial charge is 0.226 e. The van der Waals surface area contributed by atoms with Gasteiger partial charge in [-0.15, -0.1) is 0 Å². The molecule has 1 atom stereocenters. The lowest BCUT2D eigenvalue weighted by atomic mass is 10.0. The Balaban J connectivity index is 1.60. The third-order valence-corrected chi connectivity index (χ3v) is 4.20. The molecule has 0 spiro atoms. The Morgan fingerprint density at radius 3 is 3.00 bits per heavy atom. The van der Waals surface area contributed by atoms with Gasteiger partial charge in [-0.25, -0.2) is 9.37 Å². The van der Waals surface area contributed by atoms with Crippen molar-refractivity contribution in [3.63, 3.8) is 0 Å². The van der Waals surface area contributed by atoms with Gasteiger partial charge in [0.05, 0.1) is 0 Å². The number of aromatic nitrogens is 2. The van der Waals surface area contributed by atoms with E-state index in [9.17, 15) is 4.39 Å². The summed E-state index contributed by atoms with van der Waals surface area (Å²) in [7, 11) is 3.86. The minimum absolute atomic E-state index is 0.170. The molecule has 1 N–H and O–H groups in total. The zero-order valence-electron chi connectivity index (χ0n) is 14.2. The van der Waals surface area contributed by atoms with Gasteiger partial charge in [-0.2, -0.15) is 4.98 Å². The number of likely N-dealkylation sites (tertiary alicyclic amines) is 1. The second-order valence-corrected chi connectivity index (χ2v) is 6.48. The maximum absolute atomic E-state index is 13.3. The quantitative estimate of drug-likeness (QED) is 0.914. The molecule has 1 saturated heterocycles. The molecule has 24 heavy (non-hydrogen) atoms. The van der Waals surface area contributed by atoms with E-state index in [4.69, 9.17) is 0 Å². The molecule has 1 aliphatic rings. The van der Waals surface area contributed by atoms with Crippen molar-refractivity contribution in [2.24, 2.45) is 0 Å². The number of halogens is 1. The Morgan fingerprint density at radius 1 is 1.33 bits per heavy atom. The molecular formula is C18H24FN5. The second kappa shape index (κ2) is 7.57. The maximum atomic E-state index is 13.3. The monoisotopic (exact) mass is 329 g/mol. The summed E-state index contributed by atoms with van der Waals surface area (Å²) in [4.78, 5) is 13.0. The van der Waals surface area contributed by atoms with Crippen molar-refractivity contribution in [2.75, 3.05) is 37.4 Å². The zero-order chi connectivity index (χ0) is 16.9. The minimum Gasteiger partial charge on any atom is -0.366 e. The SMILES string of the molecule is CN(C)c1nccc(NC2CCCN(Cc3cccc(F)c3)C2)n1. The van der Waals surface area contributed by atoms with Gasteiger partial charge in [0, 0.05) is 39.4 Å². The molecule has 1 aromatic heterocycles. The number of nitrogens with zero attached hydrogens (tertiary/aromatic N) is 4. The Labute approximate surface area is 142 Å². The molecule has 5 nitrogen and oxygen atoms in total. The van der Waals surface area contributed by atoms with Crippen molar-refractivity contribution < 1.29 is 4.39 Å². The van der Waals surface area contributed by atoms with Gasteiger partial charge in [-0.3, -0.25) is 4.90 Å². The largest absolute Gasteiger partial charge is 0.366 e. The summed E-state index contributed by atoms with van der Waals surface area (Å²) >= 11 is 0. The van der Waals surface area contributed by atoms with E-state index in [0.717, 1.165) is 43.9 Å². The first-order chi connectivity index (χ1) is 11.6. The normalized spacial score (nSPS) is 18.4. The molecule has 2 aromatic rings. The molecule has 0 saturated carbocycles. The Bertz CT molecular complexity index is 676. The summed E-state index contributed by atoms with van der Waals surface area (Å²) in [6.45, 7) is 2.75. The van der Waals surface area contributed by atoms with Crippen molar-refractivity contribution >= 4 is 11.8 Å². The van der Waals surface area contributed by atoms with Gasteiger partial charge in [0.1, 0.15) is 11.6 Å². The number of rotatable bonds is 5. The lowest BCUT2D eigenvalue weighted by molar-refractivity contribution is 0.208. The van der Waals surface area contributed by atoms with Crippen LogP contribution in [0.3, 0.4) is 0 Å². The number of hydrogen-bond donors (Lipinski definition) is 1. The molecule has 1 fully saturated rings. The summed E-state index contributed by atoms with van der Waals surface area (Å²) in [6, 6.07) is 9.10. The van der Waals surface area contributed by atoms with Crippen molar-refractivity contribution in [2.45, 2.75) is 25.4 Å². The van der Waals surface area contributed by atoms with Crippen molar-refractivity contribution in [1.82, 2.24) is 14.9 Å². The topological polar surface area (TPSA) is 44.3 Å². The average molecular weight is 329 g/mol. The first-order valence-electron chi connectivity index (χ1n) is 8.34. The first-order valence-corrected chi connectivity index (χ1v) is 8.34. The number of hydrogen-bond acceptors (Lipinski definition) is 5. The molecule has 6 heteroatoms. The Kier molecular flexibility index (Phi) is 5.25. The second-order valence-electron chi connectivity index (χ2n) is 6.48. The average Bonchev–Trinajstić information content (AvgIpc) is 2.55. The van der Waals surface area contributed by atoms with Crippen LogP contribution < -0.4 is 10.2 Å². The van der Waals surface area contributed by atoms with E-state index in [1.165, 1.54) is 6.07 Å². The molecule has 0 amide bonds. The van der Waals surface area contributed by atoms with Crippen LogP contribution in [-0.4, -0.2) is 48.1 Å². The third kappa shape index (κ3) is 4.41. The van der Waals surface area contributed by atoms with Crippen LogP contribution in [0.5, 0.6) is 0 Å². The minimum atomic E-state index is -0.170. The van der Waals surface area contributed by atoms with Crippen molar-refractivity contribution in [3.05, 3.63) is 47.9 Å². The molecule has 0 radical (unpaired) electrons. The van der Waals surface area contributed by atoms with Crippen LogP contribution in [-0.2, 0) is 6.54 Å². The van der Waals surface area contributed by atoms with E-state index in [1.807, 2.05) is 31.1 Å². The predicted octanol–water partition coefficient (Wildman–Crippen LogP) is 2.76. The van der Waals surface area contributed by atoms with Gasteiger partial charge >= 0.3 is 0 Å². The van der Waals surface area contributed by atoms with E-state index >= 15 is 0 Å². The summed E-state index contributed by atoms with van der Waals surface area (Å²) < 4.78 is 13.3. The molecule has 1 unspecified atom stereocenters. The summed E-state index contributed by atoms with van der Waals surface area (Å²) in [5.74, 6) is 1.38. The molecule has 1 aromatic carbocycles. The van der Waals surface area contributed by atoms with Gasteiger partial charge in [0.25, 0.3) is 0 Å². The van der Waals surface area contributed by atoms with Gasteiger partial charge < -0.3 is 10.2 Å². The predicted molar refractivity (Wildman–Crippen MR) is 94.7 cm³/mol. The molecule has 0 bridgehead atoms. The van der Waals surface area contributed by atoms with Crippen molar-refractivity contribution in [1.29, 1.82) is 0 Å². The van der Waals surface area contributed by atoms with E-state index < -0.39 is 0 Å². The van der Waals surface area contributed by atoms with Crippen LogP contribution >= 0.6 is 0 Å². The number of piperidine rings is 1. The summed E-state index contributed by atoms with van der Waals surface area (Å²) in [5, 5.41) is 3.51. The van der Waals surface area contributed by atoms with Gasteiger partial charge in [-0.1, -0.05) is 12.1 Å². The van der Waals surface area contributed by atoms with E-state index in [-0.39, 0.29) is 5.82 Å². The highest BCUT2D eigenvalue weighted by Gasteiger charge is 2.20. The standard InChI is InChI=1S/C18H24FN5/c1-23(2)18-20-9-8-17(22-18)21-16-7-4-10-24(13-16)12-14-5-3-6-15(19)11-14/h3,5-6,8-9,11,16H,4,7,10,12-13H2,1-2H3,(H,20,21,22). The van der Waals surface area contributed by atoms with Crippen LogP contribution in [0.2, 0.25) is 0 Å². The highest BCUT2D eigenvalue weighted by Crippen LogP contribution is 2.18. The molecule has 128 valence electrons. The highest BCUT2D eigenvalue weighted by atomic mass is 19.1. The van der Waals surface area contributed by atoms with E-state index in [0.29, 0.717) is 12.0 Å². The molecule has 2 heterocycles. The maximum Gasteiger partial charge on any atom is 0.226 e. The van der Waals surface area contributed by atoms with Crippen LogP contribution in [0.15, 0.2) is 36.5 Å². The van der Waals surface area contributed by atoms with Crippen LogP contribution in [0, 0.1) is 5.82 Å². The lowest BCUT2D eigenvalue weighted by Gasteiger charge is -2.33. The van der Waals surface area contributed by atoms with Gasteiger partial charge in [-0.05, 0) is 43.1 Å². The highest BCUT2D eigenvalue weighted by molar-refractivity contribution is 5.41. The zero-order valence-corrected chi connectivity index (χ0v) is 14.2. The third-order valence-electron chi connectivity index (χ3n) is 4.20. The van der Waals surface area contributed by atoms with Crippen LogP contribution in [0.25, 0.3) is 0 Å². The fourth-order valence-corrected chi connectivity index (χ4v) is 3.06. The molecular weight excluding hydrogens is 305 g/mol.